The van der Waals surface area contributed by atoms with Gasteiger partial charge in [0.1, 0.15) is 0 Å². The molecule has 1 amide bonds. The molecule has 0 aromatic carbocycles. The van der Waals surface area contributed by atoms with E-state index in [1.807, 2.05) is 4.90 Å². The van der Waals surface area contributed by atoms with Gasteiger partial charge in [-0.25, -0.2) is 0 Å². The standard InChI is InChI=1S/C13H24N2O2/c1-10(11-5-6-11)15(8-9-17-2)13(16)12-4-3-7-14-12/h10-12,14H,3-9H2,1-2H3/t10?,12-/m1/s1. The van der Waals surface area contributed by atoms with Gasteiger partial charge in [0.15, 0.2) is 0 Å². The molecule has 0 aromatic heterocycles. The van der Waals surface area contributed by atoms with Crippen LogP contribution < -0.4 is 5.32 Å². The number of ether oxygens (including phenoxy) is 1. The van der Waals surface area contributed by atoms with Gasteiger partial charge in [-0.2, -0.15) is 0 Å². The third-order valence-corrected chi connectivity index (χ3v) is 3.97. The predicted molar refractivity (Wildman–Crippen MR) is 66.8 cm³/mol. The number of carbonyl (C=O) groups is 1. The first-order valence-electron chi connectivity index (χ1n) is 6.77. The average molecular weight is 240 g/mol. The molecule has 1 aliphatic heterocycles. The van der Waals surface area contributed by atoms with Gasteiger partial charge in [-0.15, -0.1) is 0 Å². The number of rotatable bonds is 6. The number of nitrogens with one attached hydrogen (secondary N) is 1. The molecule has 1 saturated carbocycles. The molecule has 2 rings (SSSR count). The Morgan fingerprint density at radius 1 is 1.47 bits per heavy atom. The summed E-state index contributed by atoms with van der Waals surface area (Å²) in [6.45, 7) is 4.52. The molecule has 17 heavy (non-hydrogen) atoms. The minimum Gasteiger partial charge on any atom is -0.383 e. The van der Waals surface area contributed by atoms with Gasteiger partial charge < -0.3 is 15.0 Å². The van der Waals surface area contributed by atoms with Crippen molar-refractivity contribution < 1.29 is 9.53 Å². The molecule has 2 aliphatic rings. The van der Waals surface area contributed by atoms with E-state index < -0.39 is 0 Å². The zero-order valence-corrected chi connectivity index (χ0v) is 10.9. The number of methoxy groups -OCH3 is 1. The number of hydrogen-bond acceptors (Lipinski definition) is 3. The van der Waals surface area contributed by atoms with Crippen LogP contribution in [0, 0.1) is 5.92 Å². The second kappa shape index (κ2) is 5.83. The summed E-state index contributed by atoms with van der Waals surface area (Å²) in [6.07, 6.45) is 4.65. The molecule has 1 aliphatic carbocycles. The first kappa shape index (κ1) is 12.8. The third kappa shape index (κ3) is 3.19. The van der Waals surface area contributed by atoms with Gasteiger partial charge in [0.25, 0.3) is 0 Å². The molecule has 0 spiro atoms. The zero-order valence-electron chi connectivity index (χ0n) is 10.9. The summed E-state index contributed by atoms with van der Waals surface area (Å²) in [6, 6.07) is 0.424. The highest BCUT2D eigenvalue weighted by Crippen LogP contribution is 2.35. The summed E-state index contributed by atoms with van der Waals surface area (Å²) in [4.78, 5) is 14.5. The Kier molecular flexibility index (Phi) is 4.40. The van der Waals surface area contributed by atoms with Crippen molar-refractivity contribution in [1.82, 2.24) is 10.2 Å². The van der Waals surface area contributed by atoms with Crippen LogP contribution in [0.2, 0.25) is 0 Å². The van der Waals surface area contributed by atoms with Gasteiger partial charge in [-0.1, -0.05) is 0 Å². The first-order valence-corrected chi connectivity index (χ1v) is 6.77. The molecule has 1 saturated heterocycles. The van der Waals surface area contributed by atoms with E-state index in [-0.39, 0.29) is 11.9 Å². The van der Waals surface area contributed by atoms with Crippen LogP contribution in [0.25, 0.3) is 0 Å². The van der Waals surface area contributed by atoms with Gasteiger partial charge in [-0.05, 0) is 45.1 Å². The maximum Gasteiger partial charge on any atom is 0.240 e. The molecular formula is C13H24N2O2. The van der Waals surface area contributed by atoms with Gasteiger partial charge in [0, 0.05) is 19.7 Å². The monoisotopic (exact) mass is 240 g/mol. The summed E-state index contributed by atoms with van der Waals surface area (Å²) in [5.41, 5.74) is 0. The second-order valence-electron chi connectivity index (χ2n) is 5.25. The Hall–Kier alpha value is -0.610. The van der Waals surface area contributed by atoms with E-state index in [1.54, 1.807) is 7.11 Å². The summed E-state index contributed by atoms with van der Waals surface area (Å²) in [7, 11) is 1.69. The Morgan fingerprint density at radius 3 is 2.76 bits per heavy atom. The highest BCUT2D eigenvalue weighted by Gasteiger charge is 2.36. The molecule has 2 fully saturated rings. The topological polar surface area (TPSA) is 41.6 Å². The molecule has 1 heterocycles. The summed E-state index contributed by atoms with van der Waals surface area (Å²) in [5, 5.41) is 3.30. The summed E-state index contributed by atoms with van der Waals surface area (Å²) in [5.74, 6) is 0.996. The highest BCUT2D eigenvalue weighted by molar-refractivity contribution is 5.82. The highest BCUT2D eigenvalue weighted by atomic mass is 16.5. The van der Waals surface area contributed by atoms with Gasteiger partial charge in [0.05, 0.1) is 12.6 Å². The van der Waals surface area contributed by atoms with Crippen LogP contribution in [0.5, 0.6) is 0 Å². The molecule has 4 nitrogen and oxygen atoms in total. The summed E-state index contributed by atoms with van der Waals surface area (Å²) < 4.78 is 5.12. The van der Waals surface area contributed by atoms with Crippen LogP contribution in [0.1, 0.15) is 32.6 Å². The van der Waals surface area contributed by atoms with Crippen LogP contribution >= 0.6 is 0 Å². The lowest BCUT2D eigenvalue weighted by atomic mass is 10.1. The number of amides is 1. The number of hydrogen-bond donors (Lipinski definition) is 1. The van der Waals surface area contributed by atoms with E-state index in [0.29, 0.717) is 12.6 Å². The van der Waals surface area contributed by atoms with Crippen molar-refractivity contribution >= 4 is 5.91 Å². The van der Waals surface area contributed by atoms with E-state index in [2.05, 4.69) is 12.2 Å². The van der Waals surface area contributed by atoms with Crippen LogP contribution in [-0.4, -0.2) is 49.7 Å². The molecule has 1 N–H and O–H groups in total. The number of carbonyl (C=O) groups excluding carboxylic acids is 1. The third-order valence-electron chi connectivity index (χ3n) is 3.97. The van der Waals surface area contributed by atoms with Crippen molar-refractivity contribution in [2.75, 3.05) is 26.8 Å². The van der Waals surface area contributed by atoms with E-state index in [9.17, 15) is 4.79 Å². The average Bonchev–Trinajstić information content (AvgIpc) is 3.04. The molecular weight excluding hydrogens is 216 g/mol. The Morgan fingerprint density at radius 2 is 2.24 bits per heavy atom. The lowest BCUT2D eigenvalue weighted by Crippen LogP contribution is -2.49. The van der Waals surface area contributed by atoms with Gasteiger partial charge in [-0.3, -0.25) is 4.79 Å². The van der Waals surface area contributed by atoms with E-state index >= 15 is 0 Å². The largest absolute Gasteiger partial charge is 0.383 e. The Bertz CT molecular complexity index is 260. The lowest BCUT2D eigenvalue weighted by Gasteiger charge is -2.31. The summed E-state index contributed by atoms with van der Waals surface area (Å²) >= 11 is 0. The van der Waals surface area contributed by atoms with Crippen LogP contribution in [-0.2, 0) is 9.53 Å². The molecule has 0 radical (unpaired) electrons. The second-order valence-corrected chi connectivity index (χ2v) is 5.25. The zero-order chi connectivity index (χ0) is 12.3. The smallest absolute Gasteiger partial charge is 0.240 e. The van der Waals surface area contributed by atoms with Crippen molar-refractivity contribution in [2.24, 2.45) is 5.92 Å². The van der Waals surface area contributed by atoms with Crippen molar-refractivity contribution in [1.29, 1.82) is 0 Å². The minimum absolute atomic E-state index is 0.0491. The van der Waals surface area contributed by atoms with E-state index in [4.69, 9.17) is 4.74 Å². The minimum atomic E-state index is 0.0491. The fourth-order valence-corrected chi connectivity index (χ4v) is 2.63. The molecule has 0 aromatic rings. The van der Waals surface area contributed by atoms with E-state index in [1.165, 1.54) is 12.8 Å². The molecule has 98 valence electrons. The van der Waals surface area contributed by atoms with Crippen LogP contribution in [0.3, 0.4) is 0 Å². The first-order chi connectivity index (χ1) is 8.24. The molecule has 1 unspecified atom stereocenters. The van der Waals surface area contributed by atoms with Crippen LogP contribution in [0.15, 0.2) is 0 Å². The van der Waals surface area contributed by atoms with Gasteiger partial charge in [0.2, 0.25) is 5.91 Å². The Balaban J connectivity index is 1.94. The van der Waals surface area contributed by atoms with Crippen molar-refractivity contribution in [3.63, 3.8) is 0 Å². The van der Waals surface area contributed by atoms with Gasteiger partial charge >= 0.3 is 0 Å². The fraction of sp³-hybridized carbons (Fsp3) is 0.923. The SMILES string of the molecule is COCCN(C(=O)[C@H]1CCCN1)C(C)C1CC1. The lowest BCUT2D eigenvalue weighted by molar-refractivity contribution is -0.136. The van der Waals surface area contributed by atoms with Crippen molar-refractivity contribution in [2.45, 2.75) is 44.7 Å². The van der Waals surface area contributed by atoms with Crippen LogP contribution in [0.4, 0.5) is 0 Å². The fourth-order valence-electron chi connectivity index (χ4n) is 2.63. The number of nitrogens with zero attached hydrogens (tertiary/aromatic N) is 1. The quantitative estimate of drug-likeness (QED) is 0.753. The molecule has 0 bridgehead atoms. The Labute approximate surface area is 104 Å². The normalized spacial score (nSPS) is 25.9. The maximum atomic E-state index is 12.4. The molecule has 2 atom stereocenters. The molecule has 4 heteroatoms. The van der Waals surface area contributed by atoms with Crippen molar-refractivity contribution in [3.8, 4) is 0 Å². The maximum absolute atomic E-state index is 12.4. The van der Waals surface area contributed by atoms with Crippen molar-refractivity contribution in [3.05, 3.63) is 0 Å². The van der Waals surface area contributed by atoms with E-state index in [0.717, 1.165) is 31.8 Å². The predicted octanol–water partition coefficient (Wildman–Crippen LogP) is 1.01.